The molecule has 0 saturated carbocycles. The van der Waals surface area contributed by atoms with Gasteiger partial charge in [0, 0.05) is 15.6 Å². The zero-order valence-corrected chi connectivity index (χ0v) is 16.6. The minimum atomic E-state index is -0.124. The third-order valence-corrected chi connectivity index (χ3v) is 5.00. The molecule has 4 heteroatoms. The Balaban J connectivity index is 1.39. The van der Waals surface area contributed by atoms with Gasteiger partial charge in [-0.25, -0.2) is 0 Å². The van der Waals surface area contributed by atoms with Crippen LogP contribution < -0.4 is 5.32 Å². The highest BCUT2D eigenvalue weighted by Gasteiger charge is 2.09. The summed E-state index contributed by atoms with van der Waals surface area (Å²) in [7, 11) is 0. The summed E-state index contributed by atoms with van der Waals surface area (Å²) in [4.78, 5) is 12.4. The van der Waals surface area contributed by atoms with E-state index in [-0.39, 0.29) is 5.91 Å². The van der Waals surface area contributed by atoms with Crippen molar-refractivity contribution >= 4 is 21.8 Å². The molecule has 0 aliphatic carbocycles. The Labute approximate surface area is 172 Å². The highest BCUT2D eigenvalue weighted by atomic mass is 79.9. The van der Waals surface area contributed by atoms with E-state index in [9.17, 15) is 4.79 Å². The minimum absolute atomic E-state index is 0.124. The maximum Gasteiger partial charge on any atom is 0.251 e. The van der Waals surface area contributed by atoms with Crippen molar-refractivity contribution < 1.29 is 9.21 Å². The van der Waals surface area contributed by atoms with Crippen molar-refractivity contribution in [3.05, 3.63) is 107 Å². The fourth-order valence-corrected chi connectivity index (χ4v) is 3.22. The van der Waals surface area contributed by atoms with Crippen LogP contribution in [0.15, 0.2) is 99.9 Å². The molecule has 1 heterocycles. The lowest BCUT2D eigenvalue weighted by molar-refractivity contribution is 0.0948. The van der Waals surface area contributed by atoms with E-state index in [0.29, 0.717) is 17.9 Å². The molecule has 0 aliphatic heterocycles. The van der Waals surface area contributed by atoms with Crippen LogP contribution in [0.2, 0.25) is 0 Å². The summed E-state index contributed by atoms with van der Waals surface area (Å²) >= 11 is 3.43. The summed E-state index contributed by atoms with van der Waals surface area (Å²) in [5, 5.41) is 2.91. The Kier molecular flexibility index (Phi) is 5.40. The molecule has 1 aromatic heterocycles. The summed E-state index contributed by atoms with van der Waals surface area (Å²) in [5.74, 6) is 1.37. The van der Waals surface area contributed by atoms with Gasteiger partial charge in [0.05, 0.1) is 6.54 Å². The second kappa shape index (κ2) is 8.28. The Morgan fingerprint density at radius 1 is 0.750 bits per heavy atom. The van der Waals surface area contributed by atoms with Gasteiger partial charge in [-0.1, -0.05) is 70.5 Å². The van der Waals surface area contributed by atoms with Gasteiger partial charge in [-0.05, 0) is 47.5 Å². The fourth-order valence-electron chi connectivity index (χ4n) is 2.96. The molecule has 1 amide bonds. The molecular formula is C24H18BrNO2. The van der Waals surface area contributed by atoms with Crippen molar-refractivity contribution in [1.82, 2.24) is 5.32 Å². The molecule has 0 bridgehead atoms. The van der Waals surface area contributed by atoms with Gasteiger partial charge in [-0.15, -0.1) is 0 Å². The van der Waals surface area contributed by atoms with Gasteiger partial charge >= 0.3 is 0 Å². The lowest BCUT2D eigenvalue weighted by atomic mass is 10.0. The van der Waals surface area contributed by atoms with E-state index in [4.69, 9.17) is 4.42 Å². The van der Waals surface area contributed by atoms with Crippen molar-refractivity contribution in [3.63, 3.8) is 0 Å². The normalized spacial score (nSPS) is 10.6. The fraction of sp³-hybridized carbons (Fsp3) is 0.0417. The van der Waals surface area contributed by atoms with Gasteiger partial charge in [0.2, 0.25) is 0 Å². The summed E-state index contributed by atoms with van der Waals surface area (Å²) in [6, 6.07) is 29.4. The maximum atomic E-state index is 12.4. The minimum Gasteiger partial charge on any atom is -0.459 e. The van der Waals surface area contributed by atoms with E-state index in [2.05, 4.69) is 33.4 Å². The number of nitrogens with one attached hydrogen (secondary N) is 1. The number of benzene rings is 3. The van der Waals surface area contributed by atoms with Crippen molar-refractivity contribution in [3.8, 4) is 22.5 Å². The van der Waals surface area contributed by atoms with Gasteiger partial charge in [-0.2, -0.15) is 0 Å². The van der Waals surface area contributed by atoms with Crippen molar-refractivity contribution in [2.45, 2.75) is 6.54 Å². The van der Waals surface area contributed by atoms with Crippen LogP contribution in [0.3, 0.4) is 0 Å². The average Bonchev–Trinajstić information content (AvgIpc) is 3.22. The van der Waals surface area contributed by atoms with E-state index >= 15 is 0 Å². The van der Waals surface area contributed by atoms with Crippen LogP contribution in [0.1, 0.15) is 16.1 Å². The van der Waals surface area contributed by atoms with E-state index in [1.807, 2.05) is 78.9 Å². The molecule has 3 nitrogen and oxygen atoms in total. The molecule has 0 saturated heterocycles. The first-order valence-corrected chi connectivity index (χ1v) is 9.77. The van der Waals surface area contributed by atoms with E-state index in [1.165, 1.54) is 0 Å². The Bertz CT molecular complexity index is 1070. The molecule has 4 aromatic rings. The predicted octanol–water partition coefficient (Wildman–Crippen LogP) is 6.31. The van der Waals surface area contributed by atoms with Gasteiger partial charge in [0.1, 0.15) is 11.5 Å². The third-order valence-electron chi connectivity index (χ3n) is 4.47. The molecule has 3 aromatic carbocycles. The molecule has 138 valence electrons. The molecule has 0 spiro atoms. The van der Waals surface area contributed by atoms with Gasteiger partial charge in [0.25, 0.3) is 5.91 Å². The highest BCUT2D eigenvalue weighted by Crippen LogP contribution is 2.24. The number of hydrogen-bond donors (Lipinski definition) is 1. The molecule has 0 atom stereocenters. The van der Waals surface area contributed by atoms with Gasteiger partial charge < -0.3 is 9.73 Å². The van der Waals surface area contributed by atoms with E-state index in [0.717, 1.165) is 26.9 Å². The monoisotopic (exact) mass is 431 g/mol. The molecule has 0 radical (unpaired) electrons. The molecule has 4 rings (SSSR count). The Morgan fingerprint density at radius 3 is 2.11 bits per heavy atom. The van der Waals surface area contributed by atoms with Gasteiger partial charge in [0.15, 0.2) is 0 Å². The molecule has 28 heavy (non-hydrogen) atoms. The number of carbonyl (C=O) groups excluding carboxylic acids is 1. The number of amides is 1. The first-order valence-electron chi connectivity index (χ1n) is 8.97. The van der Waals surface area contributed by atoms with E-state index < -0.39 is 0 Å². The summed E-state index contributed by atoms with van der Waals surface area (Å²) in [6.07, 6.45) is 0. The smallest absolute Gasteiger partial charge is 0.251 e. The lowest BCUT2D eigenvalue weighted by Gasteiger charge is -2.06. The number of halogens is 1. The van der Waals surface area contributed by atoms with E-state index in [1.54, 1.807) is 0 Å². The lowest BCUT2D eigenvalue weighted by Crippen LogP contribution is -2.22. The third kappa shape index (κ3) is 4.24. The molecule has 0 aliphatic rings. The van der Waals surface area contributed by atoms with Crippen LogP contribution in [0, 0.1) is 0 Å². The Morgan fingerprint density at radius 2 is 1.39 bits per heavy atom. The van der Waals surface area contributed by atoms with Crippen molar-refractivity contribution in [1.29, 1.82) is 0 Å². The van der Waals surface area contributed by atoms with Gasteiger partial charge in [-0.3, -0.25) is 4.79 Å². The predicted molar refractivity (Wildman–Crippen MR) is 115 cm³/mol. The van der Waals surface area contributed by atoms with Crippen LogP contribution in [0.5, 0.6) is 0 Å². The van der Waals surface area contributed by atoms with Crippen molar-refractivity contribution in [2.75, 3.05) is 0 Å². The number of hydrogen-bond acceptors (Lipinski definition) is 2. The number of rotatable bonds is 5. The topological polar surface area (TPSA) is 42.2 Å². The zero-order valence-electron chi connectivity index (χ0n) is 15.1. The second-order valence-corrected chi connectivity index (χ2v) is 7.31. The highest BCUT2D eigenvalue weighted by molar-refractivity contribution is 9.10. The molecular weight excluding hydrogens is 414 g/mol. The average molecular weight is 432 g/mol. The van der Waals surface area contributed by atoms with Crippen LogP contribution in [0.25, 0.3) is 22.5 Å². The first-order chi connectivity index (χ1) is 13.7. The number of furan rings is 1. The number of carbonyl (C=O) groups is 1. The standard InChI is InChI=1S/C24H18BrNO2/c25-21-12-10-19(11-13-21)23-15-14-22(28-23)16-26-24(27)20-8-6-18(7-9-20)17-4-2-1-3-5-17/h1-15H,16H2,(H,26,27). The Hall–Kier alpha value is -3.11. The second-order valence-electron chi connectivity index (χ2n) is 6.40. The maximum absolute atomic E-state index is 12.4. The zero-order chi connectivity index (χ0) is 19.3. The van der Waals surface area contributed by atoms with Crippen LogP contribution in [0.4, 0.5) is 0 Å². The summed E-state index contributed by atoms with van der Waals surface area (Å²) in [5.41, 5.74) is 3.84. The first kappa shape index (κ1) is 18.3. The van der Waals surface area contributed by atoms with Crippen LogP contribution >= 0.6 is 15.9 Å². The molecule has 0 fully saturated rings. The van der Waals surface area contributed by atoms with Crippen LogP contribution in [-0.4, -0.2) is 5.91 Å². The van der Waals surface area contributed by atoms with Crippen molar-refractivity contribution in [2.24, 2.45) is 0 Å². The summed E-state index contributed by atoms with van der Waals surface area (Å²) < 4.78 is 6.86. The largest absolute Gasteiger partial charge is 0.459 e. The quantitative estimate of drug-likeness (QED) is 0.402. The molecule has 0 unspecified atom stereocenters. The SMILES string of the molecule is O=C(NCc1ccc(-c2ccc(Br)cc2)o1)c1ccc(-c2ccccc2)cc1. The summed E-state index contributed by atoms with van der Waals surface area (Å²) in [6.45, 7) is 0.343. The van der Waals surface area contributed by atoms with Crippen LogP contribution in [-0.2, 0) is 6.54 Å². The molecule has 1 N–H and O–H groups in total.